The molecule has 2 rings (SSSR count). The molecule has 6 heteroatoms. The minimum atomic E-state index is -0.867. The molecule has 0 bridgehead atoms. The molecular weight excluding hydrogens is 287 g/mol. The molecular formula is C13H16ClFN2OS. The molecule has 0 aliphatic carbocycles. The van der Waals surface area contributed by atoms with Gasteiger partial charge in [-0.05, 0) is 19.1 Å². The topological polar surface area (TPSA) is 34.9 Å². The van der Waals surface area contributed by atoms with Crippen LogP contribution in [0.5, 0.6) is 0 Å². The van der Waals surface area contributed by atoms with Crippen molar-refractivity contribution >= 4 is 33.4 Å². The highest BCUT2D eigenvalue weighted by Gasteiger charge is 2.17. The van der Waals surface area contributed by atoms with Crippen molar-refractivity contribution in [3.8, 4) is 0 Å². The van der Waals surface area contributed by atoms with Crippen molar-refractivity contribution in [2.75, 3.05) is 11.5 Å². The van der Waals surface area contributed by atoms with E-state index in [-0.39, 0.29) is 11.2 Å². The second kappa shape index (κ2) is 6.01. The van der Waals surface area contributed by atoms with Crippen LogP contribution in [0.25, 0.3) is 11.0 Å². The van der Waals surface area contributed by atoms with E-state index in [1.165, 1.54) is 6.07 Å². The van der Waals surface area contributed by atoms with Crippen molar-refractivity contribution in [3.05, 3.63) is 29.8 Å². The van der Waals surface area contributed by atoms with Gasteiger partial charge in [0.15, 0.2) is 5.82 Å². The van der Waals surface area contributed by atoms with Crippen LogP contribution in [0.3, 0.4) is 0 Å². The number of benzene rings is 1. The lowest BCUT2D eigenvalue weighted by Gasteiger charge is -2.09. The summed E-state index contributed by atoms with van der Waals surface area (Å²) in [6, 6.07) is 4.84. The predicted octanol–water partition coefficient (Wildman–Crippen LogP) is 3.24. The van der Waals surface area contributed by atoms with Gasteiger partial charge in [-0.2, -0.15) is 0 Å². The van der Waals surface area contributed by atoms with Crippen LogP contribution in [0.1, 0.15) is 25.0 Å². The molecule has 1 heterocycles. The van der Waals surface area contributed by atoms with Crippen LogP contribution in [0, 0.1) is 5.82 Å². The maximum Gasteiger partial charge on any atom is 0.151 e. The Morgan fingerprint density at radius 1 is 1.53 bits per heavy atom. The normalized spacial score (nSPS) is 14.7. The summed E-state index contributed by atoms with van der Waals surface area (Å²) in [7, 11) is -0.867. The molecule has 0 aliphatic heterocycles. The Bertz CT molecular complexity index is 612. The van der Waals surface area contributed by atoms with Crippen LogP contribution >= 0.6 is 11.6 Å². The fourth-order valence-electron chi connectivity index (χ4n) is 2.01. The number of alkyl halides is 1. The standard InChI is InChI=1S/C13H16ClFN2OS/c1-3-19(18)8-7-17-11-6-4-5-10(15)12(11)16-13(17)9(2)14/h4-6,9H,3,7-8H2,1-2H3. The average molecular weight is 303 g/mol. The third-order valence-corrected chi connectivity index (χ3v) is 4.46. The number of fused-ring (bicyclic) bond motifs is 1. The Labute approximate surface area is 119 Å². The van der Waals surface area contributed by atoms with E-state index >= 15 is 0 Å². The summed E-state index contributed by atoms with van der Waals surface area (Å²) in [6.07, 6.45) is 0. The first-order valence-corrected chi connectivity index (χ1v) is 8.10. The van der Waals surface area contributed by atoms with Crippen molar-refractivity contribution in [2.24, 2.45) is 0 Å². The van der Waals surface area contributed by atoms with Crippen molar-refractivity contribution in [1.82, 2.24) is 9.55 Å². The first-order chi connectivity index (χ1) is 9.04. The highest BCUT2D eigenvalue weighted by Crippen LogP contribution is 2.25. The van der Waals surface area contributed by atoms with Gasteiger partial charge in [0.25, 0.3) is 0 Å². The molecule has 1 aromatic carbocycles. The molecule has 19 heavy (non-hydrogen) atoms. The van der Waals surface area contributed by atoms with E-state index in [9.17, 15) is 8.60 Å². The first kappa shape index (κ1) is 14.5. The monoisotopic (exact) mass is 302 g/mol. The Hall–Kier alpha value is -0.940. The maximum absolute atomic E-state index is 13.7. The number of imidazole rings is 1. The minimum absolute atomic E-state index is 0.318. The zero-order chi connectivity index (χ0) is 14.0. The molecule has 104 valence electrons. The average Bonchev–Trinajstić information content (AvgIpc) is 2.76. The van der Waals surface area contributed by atoms with E-state index in [1.807, 2.05) is 17.6 Å². The molecule has 0 aliphatic rings. The smallest absolute Gasteiger partial charge is 0.151 e. The predicted molar refractivity (Wildman–Crippen MR) is 77.5 cm³/mol. The third-order valence-electron chi connectivity index (χ3n) is 2.98. The van der Waals surface area contributed by atoms with Gasteiger partial charge in [0.1, 0.15) is 11.3 Å². The number of para-hydroxylation sites is 1. The van der Waals surface area contributed by atoms with Gasteiger partial charge >= 0.3 is 0 Å². The molecule has 0 saturated heterocycles. The number of hydrogen-bond donors (Lipinski definition) is 0. The lowest BCUT2D eigenvalue weighted by atomic mass is 10.3. The van der Waals surface area contributed by atoms with Crippen molar-refractivity contribution in [2.45, 2.75) is 25.8 Å². The Morgan fingerprint density at radius 3 is 2.89 bits per heavy atom. The molecule has 3 nitrogen and oxygen atoms in total. The third kappa shape index (κ3) is 2.98. The van der Waals surface area contributed by atoms with Gasteiger partial charge in [-0.25, -0.2) is 9.37 Å². The van der Waals surface area contributed by atoms with Gasteiger partial charge < -0.3 is 4.57 Å². The highest BCUT2D eigenvalue weighted by atomic mass is 35.5. The molecule has 1 aromatic heterocycles. The zero-order valence-corrected chi connectivity index (χ0v) is 12.5. The first-order valence-electron chi connectivity index (χ1n) is 6.18. The maximum atomic E-state index is 13.7. The van der Waals surface area contributed by atoms with Gasteiger partial charge in [-0.15, -0.1) is 11.6 Å². The van der Waals surface area contributed by atoms with Crippen LogP contribution in [-0.2, 0) is 17.3 Å². The lowest BCUT2D eigenvalue weighted by Crippen LogP contribution is -2.12. The molecule has 0 spiro atoms. The fourth-order valence-corrected chi connectivity index (χ4v) is 2.85. The minimum Gasteiger partial charge on any atom is -0.326 e. The Kier molecular flexibility index (Phi) is 4.58. The van der Waals surface area contributed by atoms with E-state index in [0.717, 1.165) is 0 Å². The van der Waals surface area contributed by atoms with E-state index < -0.39 is 10.8 Å². The second-order valence-corrected chi connectivity index (χ2v) is 6.80. The molecule has 2 atom stereocenters. The van der Waals surface area contributed by atoms with Crippen LogP contribution < -0.4 is 0 Å². The van der Waals surface area contributed by atoms with E-state index in [0.29, 0.717) is 34.9 Å². The fraction of sp³-hybridized carbons (Fsp3) is 0.462. The van der Waals surface area contributed by atoms with Gasteiger partial charge in [0.2, 0.25) is 0 Å². The Balaban J connectivity index is 2.46. The van der Waals surface area contributed by atoms with Crippen LogP contribution in [-0.4, -0.2) is 25.3 Å². The molecule has 2 aromatic rings. The van der Waals surface area contributed by atoms with Gasteiger partial charge in [-0.3, -0.25) is 4.21 Å². The summed E-state index contributed by atoms with van der Waals surface area (Å²) < 4.78 is 27.2. The van der Waals surface area contributed by atoms with Gasteiger partial charge in [0, 0.05) is 28.9 Å². The summed E-state index contributed by atoms with van der Waals surface area (Å²) in [5, 5.41) is -0.318. The summed E-state index contributed by atoms with van der Waals surface area (Å²) in [5.74, 6) is 1.41. The molecule has 2 unspecified atom stereocenters. The SMILES string of the molecule is CCS(=O)CCn1c(C(C)Cl)nc2c(F)cccc21. The number of halogens is 2. The molecule has 0 fully saturated rings. The zero-order valence-electron chi connectivity index (χ0n) is 10.9. The molecule has 0 amide bonds. The summed E-state index contributed by atoms with van der Waals surface area (Å²) in [4.78, 5) is 4.27. The van der Waals surface area contributed by atoms with Crippen molar-refractivity contribution in [1.29, 1.82) is 0 Å². The number of rotatable bonds is 5. The lowest BCUT2D eigenvalue weighted by molar-refractivity contribution is 0.637. The molecule has 0 N–H and O–H groups in total. The van der Waals surface area contributed by atoms with Crippen molar-refractivity contribution in [3.63, 3.8) is 0 Å². The second-order valence-electron chi connectivity index (χ2n) is 4.28. The number of aromatic nitrogens is 2. The number of hydrogen-bond acceptors (Lipinski definition) is 2. The summed E-state index contributed by atoms with van der Waals surface area (Å²) in [5.41, 5.74) is 1.03. The van der Waals surface area contributed by atoms with Gasteiger partial charge in [0.05, 0.1) is 10.9 Å². The Morgan fingerprint density at radius 2 is 2.26 bits per heavy atom. The van der Waals surface area contributed by atoms with E-state index in [4.69, 9.17) is 11.6 Å². The molecule has 0 saturated carbocycles. The van der Waals surface area contributed by atoms with E-state index in [1.54, 1.807) is 13.0 Å². The molecule has 0 radical (unpaired) electrons. The van der Waals surface area contributed by atoms with Gasteiger partial charge in [-0.1, -0.05) is 13.0 Å². The van der Waals surface area contributed by atoms with Crippen LogP contribution in [0.2, 0.25) is 0 Å². The number of aryl methyl sites for hydroxylation is 1. The summed E-state index contributed by atoms with van der Waals surface area (Å²) in [6.45, 7) is 4.22. The van der Waals surface area contributed by atoms with E-state index in [2.05, 4.69) is 4.98 Å². The quantitative estimate of drug-likeness (QED) is 0.795. The van der Waals surface area contributed by atoms with Crippen LogP contribution in [0.4, 0.5) is 4.39 Å². The van der Waals surface area contributed by atoms with Crippen molar-refractivity contribution < 1.29 is 8.60 Å². The summed E-state index contributed by atoms with van der Waals surface area (Å²) >= 11 is 6.10. The number of nitrogens with zero attached hydrogens (tertiary/aromatic N) is 2. The van der Waals surface area contributed by atoms with Crippen LogP contribution in [0.15, 0.2) is 18.2 Å². The highest BCUT2D eigenvalue weighted by molar-refractivity contribution is 7.84. The largest absolute Gasteiger partial charge is 0.326 e.